The van der Waals surface area contributed by atoms with Crippen LogP contribution in [-0.2, 0) is 16.0 Å². The van der Waals surface area contributed by atoms with E-state index >= 15 is 0 Å². The minimum Gasteiger partial charge on any atom is -0.507 e. The van der Waals surface area contributed by atoms with Gasteiger partial charge in [-0.05, 0) is 36.3 Å². The number of fused-ring (bicyclic) bond motifs is 1. The zero-order valence-electron chi connectivity index (χ0n) is 17.1. The fourth-order valence-corrected chi connectivity index (χ4v) is 3.27. The Morgan fingerprint density at radius 2 is 1.76 bits per heavy atom. The number of ether oxygens (including phenoxy) is 3. The lowest BCUT2D eigenvalue weighted by Gasteiger charge is -2.23. The number of phenols is 1. The summed E-state index contributed by atoms with van der Waals surface area (Å²) in [5.74, 6) is 0.620. The average Bonchev–Trinajstić information content (AvgIpc) is 3.03. The van der Waals surface area contributed by atoms with Crippen LogP contribution in [0.25, 0.3) is 6.08 Å². The number of Topliss-reactive ketones (excluding diaryl/α,β-unsaturated/α-hetero) is 1. The smallest absolute Gasteiger partial charge is 0.231 e. The molecular weight excluding hydrogens is 370 g/mol. The number of carbonyl (C=O) groups is 1. The molecule has 0 atom stereocenters. The monoisotopic (exact) mass is 397 g/mol. The van der Waals surface area contributed by atoms with Crippen LogP contribution in [0.2, 0.25) is 0 Å². The Labute approximate surface area is 171 Å². The van der Waals surface area contributed by atoms with E-state index < -0.39 is 0 Å². The molecule has 0 aromatic heterocycles. The van der Waals surface area contributed by atoms with Crippen LogP contribution in [0.3, 0.4) is 0 Å². The molecule has 0 fully saturated rings. The maximum Gasteiger partial charge on any atom is 0.231 e. The zero-order chi connectivity index (χ0) is 20.8. The molecule has 0 amide bonds. The van der Waals surface area contributed by atoms with E-state index in [-0.39, 0.29) is 17.3 Å². The van der Waals surface area contributed by atoms with E-state index in [9.17, 15) is 9.90 Å². The first-order valence-corrected chi connectivity index (χ1v) is 9.60. The summed E-state index contributed by atoms with van der Waals surface area (Å²) in [6, 6.07) is 11.0. The topological polar surface area (TPSA) is 68.2 Å². The third kappa shape index (κ3) is 4.85. The quantitative estimate of drug-likeness (QED) is 0.654. The highest BCUT2D eigenvalue weighted by Gasteiger charge is 2.31. The second-order valence-electron chi connectivity index (χ2n) is 7.00. The van der Waals surface area contributed by atoms with E-state index in [2.05, 4.69) is 4.90 Å². The van der Waals surface area contributed by atoms with Crippen molar-refractivity contribution in [3.8, 4) is 11.5 Å². The molecule has 2 aromatic carbocycles. The molecule has 0 aliphatic carbocycles. The molecule has 6 nitrogen and oxygen atoms in total. The highest BCUT2D eigenvalue weighted by Crippen LogP contribution is 2.40. The first-order valence-electron chi connectivity index (χ1n) is 9.60. The van der Waals surface area contributed by atoms with E-state index in [1.165, 1.54) is 0 Å². The Bertz CT molecular complexity index is 898. The van der Waals surface area contributed by atoms with Crippen LogP contribution in [0.15, 0.2) is 42.2 Å². The fourth-order valence-electron chi connectivity index (χ4n) is 3.27. The zero-order valence-corrected chi connectivity index (χ0v) is 17.1. The number of allylic oxidation sites excluding steroid dienone is 1. The average molecular weight is 397 g/mol. The molecule has 1 N–H and O–H groups in total. The van der Waals surface area contributed by atoms with Gasteiger partial charge in [-0.1, -0.05) is 24.3 Å². The van der Waals surface area contributed by atoms with Gasteiger partial charge < -0.3 is 19.3 Å². The van der Waals surface area contributed by atoms with E-state index in [0.29, 0.717) is 49.7 Å². The third-order valence-corrected chi connectivity index (χ3v) is 5.00. The summed E-state index contributed by atoms with van der Waals surface area (Å²) < 4.78 is 16.3. The number of hydrogen-bond acceptors (Lipinski definition) is 6. The first-order chi connectivity index (χ1) is 14.0. The summed E-state index contributed by atoms with van der Waals surface area (Å²) in [5, 5.41) is 10.5. The van der Waals surface area contributed by atoms with Crippen molar-refractivity contribution in [3.63, 3.8) is 0 Å². The van der Waals surface area contributed by atoms with Gasteiger partial charge in [-0.15, -0.1) is 0 Å². The summed E-state index contributed by atoms with van der Waals surface area (Å²) in [7, 11) is 3.30. The number of carbonyl (C=O) groups excluding carboxylic acids is 1. The summed E-state index contributed by atoms with van der Waals surface area (Å²) in [6.07, 6.45) is 1.76. The van der Waals surface area contributed by atoms with Crippen molar-refractivity contribution in [3.05, 3.63) is 64.4 Å². The largest absolute Gasteiger partial charge is 0.507 e. The van der Waals surface area contributed by atoms with Crippen LogP contribution in [0, 0.1) is 6.92 Å². The molecule has 0 radical (unpaired) electrons. The molecule has 6 heteroatoms. The van der Waals surface area contributed by atoms with Gasteiger partial charge in [-0.2, -0.15) is 0 Å². The molecule has 1 aliphatic heterocycles. The molecule has 29 heavy (non-hydrogen) atoms. The number of aryl methyl sites for hydroxylation is 1. The van der Waals surface area contributed by atoms with Crippen LogP contribution in [-0.4, -0.2) is 56.3 Å². The van der Waals surface area contributed by atoms with Crippen LogP contribution in [0.5, 0.6) is 11.5 Å². The number of hydrogen-bond donors (Lipinski definition) is 1. The van der Waals surface area contributed by atoms with Crippen LogP contribution < -0.4 is 4.74 Å². The van der Waals surface area contributed by atoms with Gasteiger partial charge in [0.05, 0.1) is 24.3 Å². The van der Waals surface area contributed by atoms with Crippen LogP contribution in [0.1, 0.15) is 27.0 Å². The molecule has 0 spiro atoms. The summed E-state index contributed by atoms with van der Waals surface area (Å²) in [4.78, 5) is 15.0. The second kappa shape index (κ2) is 9.69. The molecular formula is C23H27NO5. The Morgan fingerprint density at radius 1 is 1.07 bits per heavy atom. The van der Waals surface area contributed by atoms with Gasteiger partial charge in [0.1, 0.15) is 11.5 Å². The van der Waals surface area contributed by atoms with Gasteiger partial charge in [0.15, 0.2) is 5.76 Å². The lowest BCUT2D eigenvalue weighted by molar-refractivity contribution is 0.101. The normalized spacial score (nSPS) is 14.5. The summed E-state index contributed by atoms with van der Waals surface area (Å²) >= 11 is 0. The van der Waals surface area contributed by atoms with E-state index in [4.69, 9.17) is 14.2 Å². The first kappa shape index (κ1) is 21.0. The summed E-state index contributed by atoms with van der Waals surface area (Å²) in [5.41, 5.74) is 3.05. The van der Waals surface area contributed by atoms with Gasteiger partial charge in [-0.3, -0.25) is 9.69 Å². The van der Waals surface area contributed by atoms with Gasteiger partial charge in [-0.25, -0.2) is 0 Å². The molecule has 2 aromatic rings. The molecule has 1 heterocycles. The second-order valence-corrected chi connectivity index (χ2v) is 7.00. The number of benzene rings is 2. The Kier molecular flexibility index (Phi) is 7.04. The predicted molar refractivity (Wildman–Crippen MR) is 111 cm³/mol. The maximum atomic E-state index is 12.9. The standard InChI is InChI=1S/C23H27NO5/c1-16-6-4-5-7-17(16)14-21-22(26)18-8-9-20(25)19(23(18)29-21)15-24(10-12-27-2)11-13-28-3/h4-9,14,25H,10-13,15H2,1-3H3. The number of aromatic hydroxyl groups is 1. The van der Waals surface area contributed by atoms with Crippen molar-refractivity contribution in [1.82, 2.24) is 4.90 Å². The van der Waals surface area contributed by atoms with Crippen molar-refractivity contribution >= 4 is 11.9 Å². The van der Waals surface area contributed by atoms with Crippen molar-refractivity contribution in [2.24, 2.45) is 0 Å². The highest BCUT2D eigenvalue weighted by atomic mass is 16.5. The lowest BCUT2D eigenvalue weighted by atomic mass is 10.0. The van der Waals surface area contributed by atoms with Gasteiger partial charge in [0.25, 0.3) is 0 Å². The molecule has 154 valence electrons. The van der Waals surface area contributed by atoms with E-state index in [1.54, 1.807) is 32.4 Å². The molecule has 0 saturated heterocycles. The van der Waals surface area contributed by atoms with Crippen molar-refractivity contribution in [1.29, 1.82) is 0 Å². The van der Waals surface area contributed by atoms with Gasteiger partial charge in [0, 0.05) is 33.9 Å². The van der Waals surface area contributed by atoms with Crippen LogP contribution in [0.4, 0.5) is 0 Å². The molecule has 0 saturated carbocycles. The fraction of sp³-hybridized carbons (Fsp3) is 0.348. The number of rotatable bonds is 9. The van der Waals surface area contributed by atoms with Gasteiger partial charge in [0.2, 0.25) is 5.78 Å². The van der Waals surface area contributed by atoms with E-state index in [0.717, 1.165) is 11.1 Å². The number of ketones is 1. The third-order valence-electron chi connectivity index (χ3n) is 5.00. The van der Waals surface area contributed by atoms with E-state index in [1.807, 2.05) is 31.2 Å². The van der Waals surface area contributed by atoms with Crippen LogP contribution >= 0.6 is 0 Å². The molecule has 0 unspecified atom stereocenters. The summed E-state index contributed by atoms with van der Waals surface area (Å²) in [6.45, 7) is 4.85. The Morgan fingerprint density at radius 3 is 2.41 bits per heavy atom. The SMILES string of the molecule is COCCN(CCOC)Cc1c(O)ccc2c1OC(=Cc1ccccc1C)C2=O. The van der Waals surface area contributed by atoms with Gasteiger partial charge >= 0.3 is 0 Å². The van der Waals surface area contributed by atoms with Crippen molar-refractivity contribution in [2.45, 2.75) is 13.5 Å². The number of phenolic OH excluding ortho intramolecular Hbond substituents is 1. The minimum atomic E-state index is -0.176. The minimum absolute atomic E-state index is 0.105. The molecule has 0 bridgehead atoms. The highest BCUT2D eigenvalue weighted by molar-refractivity contribution is 6.15. The number of nitrogens with zero attached hydrogens (tertiary/aromatic N) is 1. The lowest BCUT2D eigenvalue weighted by Crippen LogP contribution is -2.30. The maximum absolute atomic E-state index is 12.9. The van der Waals surface area contributed by atoms with Crippen molar-refractivity contribution < 1.29 is 24.1 Å². The predicted octanol–water partition coefficient (Wildman–Crippen LogP) is 3.41. The molecule has 3 rings (SSSR count). The number of methoxy groups -OCH3 is 2. The Hall–Kier alpha value is -2.67. The Balaban J connectivity index is 1.90. The van der Waals surface area contributed by atoms with Crippen molar-refractivity contribution in [2.75, 3.05) is 40.5 Å². The molecule has 1 aliphatic rings.